The highest BCUT2D eigenvalue weighted by molar-refractivity contribution is 7.12. The Labute approximate surface area is 170 Å². The Hall–Kier alpha value is -1.93. The molecule has 2 aliphatic heterocycles. The minimum atomic E-state index is -0.558. The van der Waals surface area contributed by atoms with Crippen LogP contribution in [0, 0.1) is 0 Å². The van der Waals surface area contributed by atoms with Gasteiger partial charge in [0.05, 0.1) is 11.4 Å². The maximum Gasteiger partial charge on any atom is 0.261 e. The second-order valence-electron chi connectivity index (χ2n) is 7.71. The van der Waals surface area contributed by atoms with Gasteiger partial charge in [0, 0.05) is 38.8 Å². The predicted octanol–water partition coefficient (Wildman–Crippen LogP) is 1.41. The van der Waals surface area contributed by atoms with Gasteiger partial charge in [-0.1, -0.05) is 6.07 Å². The normalized spacial score (nSPS) is 22.0. The monoisotopic (exact) mass is 406 g/mol. The highest BCUT2D eigenvalue weighted by Gasteiger charge is 2.29. The molecule has 3 amide bonds. The van der Waals surface area contributed by atoms with Crippen molar-refractivity contribution in [2.24, 2.45) is 0 Å². The van der Waals surface area contributed by atoms with Crippen molar-refractivity contribution >= 4 is 29.1 Å². The van der Waals surface area contributed by atoms with Crippen molar-refractivity contribution in [2.75, 3.05) is 39.3 Å². The maximum absolute atomic E-state index is 12.6. The van der Waals surface area contributed by atoms with Gasteiger partial charge in [-0.3, -0.25) is 19.3 Å². The van der Waals surface area contributed by atoms with Crippen LogP contribution in [0.5, 0.6) is 0 Å². The summed E-state index contributed by atoms with van der Waals surface area (Å²) in [6.45, 7) is 7.68. The third kappa shape index (κ3) is 5.11. The Morgan fingerprint density at radius 2 is 1.93 bits per heavy atom. The number of piperazine rings is 1. The smallest absolute Gasteiger partial charge is 0.261 e. The molecule has 2 atom stereocenters. The molecule has 3 rings (SSSR count). The Morgan fingerprint density at radius 3 is 2.57 bits per heavy atom. The molecular formula is C20H30N4O3S. The molecule has 0 bridgehead atoms. The second kappa shape index (κ2) is 9.52. The van der Waals surface area contributed by atoms with Crippen molar-refractivity contribution in [3.05, 3.63) is 22.4 Å². The first-order chi connectivity index (χ1) is 13.5. The van der Waals surface area contributed by atoms with E-state index in [0.717, 1.165) is 19.4 Å². The molecule has 2 fully saturated rings. The lowest BCUT2D eigenvalue weighted by molar-refractivity contribution is -0.137. The van der Waals surface area contributed by atoms with Gasteiger partial charge >= 0.3 is 0 Å². The Kier molecular flexibility index (Phi) is 7.07. The molecule has 2 saturated heterocycles. The molecule has 28 heavy (non-hydrogen) atoms. The fourth-order valence-electron chi connectivity index (χ4n) is 3.89. The van der Waals surface area contributed by atoms with Crippen LogP contribution in [0.4, 0.5) is 0 Å². The maximum atomic E-state index is 12.6. The van der Waals surface area contributed by atoms with Crippen molar-refractivity contribution in [1.82, 2.24) is 20.0 Å². The van der Waals surface area contributed by atoms with Crippen molar-refractivity contribution in [3.8, 4) is 0 Å². The minimum absolute atomic E-state index is 0.0689. The first kappa shape index (κ1) is 20.8. The summed E-state index contributed by atoms with van der Waals surface area (Å²) in [5.41, 5.74) is 0. The van der Waals surface area contributed by atoms with Gasteiger partial charge in [0.15, 0.2) is 0 Å². The quantitative estimate of drug-likeness (QED) is 0.803. The van der Waals surface area contributed by atoms with E-state index in [1.807, 2.05) is 16.3 Å². The number of piperidine rings is 1. The number of nitrogens with zero attached hydrogens (tertiary/aromatic N) is 3. The number of hydrogen-bond acceptors (Lipinski definition) is 5. The summed E-state index contributed by atoms with van der Waals surface area (Å²) in [4.78, 5) is 43.9. The Bertz CT molecular complexity index is 686. The first-order valence-electron chi connectivity index (χ1n) is 10.1. The lowest BCUT2D eigenvalue weighted by atomic mass is 10.0. The van der Waals surface area contributed by atoms with E-state index in [9.17, 15) is 14.4 Å². The summed E-state index contributed by atoms with van der Waals surface area (Å²) in [6, 6.07) is 3.34. The first-order valence-corrected chi connectivity index (χ1v) is 11.0. The lowest BCUT2D eigenvalue weighted by Crippen LogP contribution is -2.56. The molecule has 1 aromatic rings. The van der Waals surface area contributed by atoms with Crippen LogP contribution >= 0.6 is 11.3 Å². The highest BCUT2D eigenvalue weighted by atomic mass is 32.1. The molecule has 8 heteroatoms. The molecule has 2 aliphatic rings. The molecular weight excluding hydrogens is 376 g/mol. The fourth-order valence-corrected chi connectivity index (χ4v) is 4.52. The zero-order chi connectivity index (χ0) is 20.1. The number of nitrogens with one attached hydrogen (secondary N) is 1. The molecule has 1 N–H and O–H groups in total. The molecule has 7 nitrogen and oxygen atoms in total. The van der Waals surface area contributed by atoms with E-state index in [0.29, 0.717) is 43.6 Å². The van der Waals surface area contributed by atoms with Crippen LogP contribution in [0.25, 0.3) is 0 Å². The largest absolute Gasteiger partial charge is 0.340 e. The van der Waals surface area contributed by atoms with Gasteiger partial charge in [0.1, 0.15) is 6.04 Å². The molecule has 2 unspecified atom stereocenters. The van der Waals surface area contributed by atoms with E-state index in [-0.39, 0.29) is 17.7 Å². The van der Waals surface area contributed by atoms with Gasteiger partial charge in [-0.2, -0.15) is 0 Å². The fraction of sp³-hybridized carbons (Fsp3) is 0.650. The van der Waals surface area contributed by atoms with Gasteiger partial charge in [-0.25, -0.2) is 0 Å². The van der Waals surface area contributed by atoms with Gasteiger partial charge < -0.3 is 15.1 Å². The number of amides is 3. The van der Waals surface area contributed by atoms with E-state index in [1.165, 1.54) is 17.8 Å². The summed E-state index contributed by atoms with van der Waals surface area (Å²) in [6.07, 6.45) is 3.38. The molecule has 0 aromatic carbocycles. The molecule has 1 aromatic heterocycles. The lowest BCUT2D eigenvalue weighted by Gasteiger charge is -2.38. The van der Waals surface area contributed by atoms with E-state index < -0.39 is 6.04 Å². The van der Waals surface area contributed by atoms with Crippen molar-refractivity contribution in [1.29, 1.82) is 0 Å². The van der Waals surface area contributed by atoms with Crippen LogP contribution < -0.4 is 5.32 Å². The zero-order valence-electron chi connectivity index (χ0n) is 16.7. The SMILES string of the molecule is CC(NC(=O)c1cccs1)C(=O)N1CCN(CC(=O)N2CCCCC2C)CC1. The highest BCUT2D eigenvalue weighted by Crippen LogP contribution is 2.17. The molecule has 154 valence electrons. The van der Waals surface area contributed by atoms with E-state index in [4.69, 9.17) is 0 Å². The summed E-state index contributed by atoms with van der Waals surface area (Å²) in [5, 5.41) is 4.62. The van der Waals surface area contributed by atoms with Crippen molar-refractivity contribution < 1.29 is 14.4 Å². The van der Waals surface area contributed by atoms with E-state index >= 15 is 0 Å². The Balaban J connectivity index is 1.43. The van der Waals surface area contributed by atoms with Crippen LogP contribution in [0.1, 0.15) is 42.8 Å². The number of hydrogen-bond donors (Lipinski definition) is 1. The average Bonchev–Trinajstić information content (AvgIpc) is 3.23. The Morgan fingerprint density at radius 1 is 1.18 bits per heavy atom. The second-order valence-corrected chi connectivity index (χ2v) is 8.65. The minimum Gasteiger partial charge on any atom is -0.340 e. The van der Waals surface area contributed by atoms with Crippen LogP contribution in [0.15, 0.2) is 17.5 Å². The molecule has 0 spiro atoms. The van der Waals surface area contributed by atoms with Crippen molar-refractivity contribution in [3.63, 3.8) is 0 Å². The summed E-state index contributed by atoms with van der Waals surface area (Å²) in [7, 11) is 0. The van der Waals surface area contributed by atoms with E-state index in [1.54, 1.807) is 17.9 Å². The summed E-state index contributed by atoms with van der Waals surface area (Å²) in [5.74, 6) is -0.0835. The van der Waals surface area contributed by atoms with Crippen LogP contribution in [-0.2, 0) is 9.59 Å². The van der Waals surface area contributed by atoms with Gasteiger partial charge in [-0.05, 0) is 44.6 Å². The number of likely N-dealkylation sites (tertiary alicyclic amines) is 1. The third-order valence-electron chi connectivity index (χ3n) is 5.63. The standard InChI is InChI=1S/C20H30N4O3S/c1-15-6-3-4-8-24(15)18(25)14-22-9-11-23(12-10-22)20(27)16(2)21-19(26)17-7-5-13-28-17/h5,7,13,15-16H,3-4,6,8-12,14H2,1-2H3,(H,21,26). The zero-order valence-corrected chi connectivity index (χ0v) is 17.5. The van der Waals surface area contributed by atoms with E-state index in [2.05, 4.69) is 17.1 Å². The number of carbonyl (C=O) groups is 3. The van der Waals surface area contributed by atoms with Crippen LogP contribution in [0.2, 0.25) is 0 Å². The topological polar surface area (TPSA) is 73.0 Å². The average molecular weight is 407 g/mol. The van der Waals surface area contributed by atoms with Gasteiger partial charge in [-0.15, -0.1) is 11.3 Å². The molecule has 0 aliphatic carbocycles. The molecule has 0 radical (unpaired) electrons. The number of carbonyl (C=O) groups excluding carboxylic acids is 3. The molecule has 0 saturated carbocycles. The number of rotatable bonds is 5. The molecule has 3 heterocycles. The number of thiophene rings is 1. The van der Waals surface area contributed by atoms with Crippen molar-refractivity contribution in [2.45, 2.75) is 45.2 Å². The summed E-state index contributed by atoms with van der Waals surface area (Å²) < 4.78 is 0. The van der Waals surface area contributed by atoms with Crippen LogP contribution in [0.3, 0.4) is 0 Å². The van der Waals surface area contributed by atoms with Gasteiger partial charge in [0.25, 0.3) is 5.91 Å². The third-order valence-corrected chi connectivity index (χ3v) is 6.50. The predicted molar refractivity (Wildman–Crippen MR) is 109 cm³/mol. The van der Waals surface area contributed by atoms with Crippen LogP contribution in [-0.4, -0.2) is 83.8 Å². The van der Waals surface area contributed by atoms with Gasteiger partial charge in [0.2, 0.25) is 11.8 Å². The summed E-state index contributed by atoms with van der Waals surface area (Å²) >= 11 is 1.36.